The summed E-state index contributed by atoms with van der Waals surface area (Å²) in [7, 11) is 0. The zero-order valence-electron chi connectivity index (χ0n) is 26.4. The molecule has 2 unspecified atom stereocenters. The van der Waals surface area contributed by atoms with Gasteiger partial charge in [0.2, 0.25) is 0 Å². The molecule has 0 amide bonds. The molecule has 230 valence electrons. The Kier molecular flexibility index (Phi) is 6.24. The first-order valence-corrected chi connectivity index (χ1v) is 16.5. The lowest BCUT2D eigenvalue weighted by atomic mass is 9.90. The molecule has 2 aliphatic rings. The lowest BCUT2D eigenvalue weighted by Crippen LogP contribution is -2.16. The highest BCUT2D eigenvalue weighted by Crippen LogP contribution is 2.47. The summed E-state index contributed by atoms with van der Waals surface area (Å²) in [5, 5.41) is 7.13. The predicted molar refractivity (Wildman–Crippen MR) is 197 cm³/mol. The smallest absolute Gasteiger partial charge is 0.182 e. The van der Waals surface area contributed by atoms with Crippen molar-refractivity contribution in [2.75, 3.05) is 0 Å². The van der Waals surface area contributed by atoms with Crippen LogP contribution in [0.2, 0.25) is 0 Å². The van der Waals surface area contributed by atoms with Crippen molar-refractivity contribution in [2.24, 2.45) is 0 Å². The summed E-state index contributed by atoms with van der Waals surface area (Å²) in [6.07, 6.45) is 8.30. The summed E-state index contributed by atoms with van der Waals surface area (Å²) >= 11 is 0. The summed E-state index contributed by atoms with van der Waals surface area (Å²) in [6, 6.07) is 46.3. The van der Waals surface area contributed by atoms with Crippen LogP contribution in [-0.4, -0.2) is 26.0 Å². The second-order valence-corrected chi connectivity index (χ2v) is 12.6. The van der Waals surface area contributed by atoms with Crippen molar-refractivity contribution in [3.05, 3.63) is 163 Å². The van der Waals surface area contributed by atoms with E-state index < -0.39 is 0 Å². The Morgan fingerprint density at radius 2 is 1.10 bits per heavy atom. The molecule has 0 spiro atoms. The minimum atomic E-state index is -0.117. The first-order valence-electron chi connectivity index (χ1n) is 16.5. The Morgan fingerprint density at radius 1 is 0.449 bits per heavy atom. The topological polar surface area (TPSA) is 60.8 Å². The molecule has 2 aromatic heterocycles. The van der Waals surface area contributed by atoms with Crippen LogP contribution in [0.5, 0.6) is 5.75 Å². The highest BCUT2D eigenvalue weighted by Gasteiger charge is 2.37. The van der Waals surface area contributed by atoms with E-state index in [-0.39, 0.29) is 12.0 Å². The molecular weight excluding hydrogens is 601 g/mol. The van der Waals surface area contributed by atoms with E-state index in [0.717, 1.165) is 44.5 Å². The van der Waals surface area contributed by atoms with E-state index in [4.69, 9.17) is 24.7 Å². The van der Waals surface area contributed by atoms with Crippen LogP contribution < -0.4 is 4.74 Å². The number of aromatic nitrogens is 4. The second-order valence-electron chi connectivity index (χ2n) is 12.6. The maximum atomic E-state index is 6.61. The van der Waals surface area contributed by atoms with Crippen molar-refractivity contribution in [3.8, 4) is 51.3 Å². The van der Waals surface area contributed by atoms with Gasteiger partial charge in [-0.05, 0) is 50.5 Å². The van der Waals surface area contributed by atoms with Crippen molar-refractivity contribution in [2.45, 2.75) is 12.0 Å². The number of rotatable bonds is 4. The van der Waals surface area contributed by atoms with E-state index in [1.807, 2.05) is 36.4 Å². The van der Waals surface area contributed by atoms with Crippen LogP contribution in [0.1, 0.15) is 11.5 Å². The van der Waals surface area contributed by atoms with Crippen molar-refractivity contribution in [3.63, 3.8) is 0 Å². The summed E-state index contributed by atoms with van der Waals surface area (Å²) < 4.78 is 6.61. The molecule has 8 aromatic rings. The van der Waals surface area contributed by atoms with E-state index in [1.165, 1.54) is 21.5 Å². The van der Waals surface area contributed by atoms with Gasteiger partial charge >= 0.3 is 0 Å². The van der Waals surface area contributed by atoms with Gasteiger partial charge in [0.1, 0.15) is 17.5 Å². The quantitative estimate of drug-likeness (QED) is 0.182. The zero-order valence-corrected chi connectivity index (χ0v) is 26.4. The number of allylic oxidation sites excluding steroid dienone is 2. The maximum absolute atomic E-state index is 6.61. The standard InChI is InChI=1S/C44H28N4O/c1-2-12-29(13-3-1)42-46-43(33-21-18-27-10-4-5-14-30(27)24-33)48-44(47-42)41-40-36-16-8-9-17-38(36)49-39(40)26-37(45-41)32-22-23-35-31(25-32)20-19-28-11-6-7-15-34(28)35/h1-26,36,38H. The van der Waals surface area contributed by atoms with Gasteiger partial charge in [-0.25, -0.2) is 19.9 Å². The van der Waals surface area contributed by atoms with Gasteiger partial charge in [0.15, 0.2) is 17.5 Å². The van der Waals surface area contributed by atoms with Crippen LogP contribution in [0.3, 0.4) is 0 Å². The van der Waals surface area contributed by atoms with E-state index in [1.54, 1.807) is 0 Å². The number of hydrogen-bond acceptors (Lipinski definition) is 5. The van der Waals surface area contributed by atoms with Gasteiger partial charge in [-0.3, -0.25) is 0 Å². The maximum Gasteiger partial charge on any atom is 0.182 e. The van der Waals surface area contributed by atoms with Crippen molar-refractivity contribution in [1.82, 2.24) is 19.9 Å². The second kappa shape index (κ2) is 11.1. The molecule has 49 heavy (non-hydrogen) atoms. The molecule has 10 rings (SSSR count). The summed E-state index contributed by atoms with van der Waals surface area (Å²) in [5.74, 6) is 2.53. The molecular formula is C44H28N4O. The average molecular weight is 629 g/mol. The predicted octanol–water partition coefficient (Wildman–Crippen LogP) is 10.4. The molecule has 0 saturated heterocycles. The van der Waals surface area contributed by atoms with Gasteiger partial charge in [0.25, 0.3) is 0 Å². The fraction of sp³-hybridized carbons (Fsp3) is 0.0455. The van der Waals surface area contributed by atoms with Gasteiger partial charge in [-0.2, -0.15) is 0 Å². The number of fused-ring (bicyclic) bond motifs is 7. The van der Waals surface area contributed by atoms with E-state index >= 15 is 0 Å². The molecule has 5 nitrogen and oxygen atoms in total. The summed E-state index contributed by atoms with van der Waals surface area (Å²) in [6.45, 7) is 0. The van der Waals surface area contributed by atoms with E-state index in [2.05, 4.69) is 121 Å². The number of ether oxygens (including phenoxy) is 1. The monoisotopic (exact) mass is 628 g/mol. The SMILES string of the molecule is C1=CC2Oc3cc(-c4ccc5c(ccc6ccccc65)c4)nc(-c4nc(-c5ccccc5)nc(-c5ccc6ccccc6c5)n4)c3C2C=C1. The summed E-state index contributed by atoms with van der Waals surface area (Å²) in [5.41, 5.74) is 5.35. The van der Waals surface area contributed by atoms with Crippen LogP contribution in [0.25, 0.3) is 77.9 Å². The molecule has 3 heterocycles. The minimum absolute atomic E-state index is 0.000535. The van der Waals surface area contributed by atoms with Crippen LogP contribution in [0.15, 0.2) is 158 Å². The Balaban J connectivity index is 1.20. The number of benzene rings is 6. The van der Waals surface area contributed by atoms with Gasteiger partial charge in [-0.1, -0.05) is 133 Å². The highest BCUT2D eigenvalue weighted by molar-refractivity contribution is 6.08. The van der Waals surface area contributed by atoms with E-state index in [0.29, 0.717) is 23.2 Å². The number of nitrogens with zero attached hydrogens (tertiary/aromatic N) is 4. The first kappa shape index (κ1) is 27.6. The highest BCUT2D eigenvalue weighted by atomic mass is 16.5. The van der Waals surface area contributed by atoms with Crippen LogP contribution in [0, 0.1) is 0 Å². The van der Waals surface area contributed by atoms with Gasteiger partial charge in [0.05, 0.1) is 5.69 Å². The molecule has 2 atom stereocenters. The number of pyridine rings is 1. The molecule has 0 fully saturated rings. The Labute approximate surface area is 282 Å². The van der Waals surface area contributed by atoms with Gasteiger partial charge in [-0.15, -0.1) is 0 Å². The molecule has 6 aromatic carbocycles. The fourth-order valence-electron chi connectivity index (χ4n) is 7.20. The Hall–Kier alpha value is -6.46. The minimum Gasteiger partial charge on any atom is -0.485 e. The van der Waals surface area contributed by atoms with Crippen LogP contribution >= 0.6 is 0 Å². The van der Waals surface area contributed by atoms with Crippen molar-refractivity contribution < 1.29 is 4.74 Å². The fourth-order valence-corrected chi connectivity index (χ4v) is 7.20. The molecule has 0 N–H and O–H groups in total. The van der Waals surface area contributed by atoms with Crippen LogP contribution in [-0.2, 0) is 0 Å². The van der Waals surface area contributed by atoms with Crippen molar-refractivity contribution >= 4 is 32.3 Å². The van der Waals surface area contributed by atoms with E-state index in [9.17, 15) is 0 Å². The van der Waals surface area contributed by atoms with Crippen molar-refractivity contribution in [1.29, 1.82) is 0 Å². The largest absolute Gasteiger partial charge is 0.485 e. The third-order valence-corrected chi connectivity index (χ3v) is 9.63. The molecule has 1 aliphatic carbocycles. The summed E-state index contributed by atoms with van der Waals surface area (Å²) in [4.78, 5) is 20.7. The lowest BCUT2D eigenvalue weighted by molar-refractivity contribution is 0.269. The van der Waals surface area contributed by atoms with Crippen LogP contribution in [0.4, 0.5) is 0 Å². The number of hydrogen-bond donors (Lipinski definition) is 0. The third-order valence-electron chi connectivity index (χ3n) is 9.63. The molecule has 1 aliphatic heterocycles. The lowest BCUT2D eigenvalue weighted by Gasteiger charge is -2.16. The zero-order chi connectivity index (χ0) is 32.3. The van der Waals surface area contributed by atoms with Gasteiger partial charge < -0.3 is 4.74 Å². The molecule has 5 heteroatoms. The third kappa shape index (κ3) is 4.70. The average Bonchev–Trinajstić information content (AvgIpc) is 3.56. The Morgan fingerprint density at radius 3 is 2.00 bits per heavy atom. The molecule has 0 bridgehead atoms. The first-order chi connectivity index (χ1) is 24.2. The molecule has 0 saturated carbocycles. The normalized spacial score (nSPS) is 16.2. The van der Waals surface area contributed by atoms with Gasteiger partial charge in [0, 0.05) is 34.2 Å². The Bertz CT molecular complexity index is 2660. The molecule has 0 radical (unpaired) electrons.